The second kappa shape index (κ2) is 6.20. The van der Waals surface area contributed by atoms with Crippen LogP contribution in [-0.2, 0) is 9.53 Å². The number of ether oxygens (including phenoxy) is 1. The first kappa shape index (κ1) is 15.8. The quantitative estimate of drug-likeness (QED) is 0.875. The molecule has 122 valence electrons. The van der Waals surface area contributed by atoms with E-state index in [1.54, 1.807) is 6.07 Å². The summed E-state index contributed by atoms with van der Waals surface area (Å²) in [6.45, 7) is 4.80. The maximum Gasteiger partial charge on any atom is 0.310 e. The maximum absolute atomic E-state index is 11.8. The van der Waals surface area contributed by atoms with Gasteiger partial charge in [0.25, 0.3) is 0 Å². The summed E-state index contributed by atoms with van der Waals surface area (Å²) in [5.74, 6) is -0.0396. The van der Waals surface area contributed by atoms with E-state index in [1.165, 1.54) is 18.4 Å². The van der Waals surface area contributed by atoms with Gasteiger partial charge in [-0.1, -0.05) is 11.6 Å². The molecule has 2 atom stereocenters. The summed E-state index contributed by atoms with van der Waals surface area (Å²) >= 11 is 1.53. The number of aryl methyl sites for hydroxylation is 1. The number of aromatic nitrogens is 1. The molecule has 0 amide bonds. The monoisotopic (exact) mass is 332 g/mol. The molecule has 0 saturated carbocycles. The van der Waals surface area contributed by atoms with E-state index >= 15 is 0 Å². The summed E-state index contributed by atoms with van der Waals surface area (Å²) in [5.41, 5.74) is 2.58. The van der Waals surface area contributed by atoms with Gasteiger partial charge in [0.05, 0.1) is 18.7 Å². The molecule has 2 heterocycles. The number of esters is 1. The van der Waals surface area contributed by atoms with E-state index in [9.17, 15) is 9.90 Å². The number of phenols is 1. The minimum Gasteiger partial charge on any atom is -0.507 e. The predicted molar refractivity (Wildman–Crippen MR) is 90.9 cm³/mol. The van der Waals surface area contributed by atoms with Crippen molar-refractivity contribution >= 4 is 22.4 Å². The number of phenolic OH excluding ortho intramolecular Hbond substituents is 1. The Balaban J connectivity index is 1.85. The molecule has 6 heteroatoms. The molecular weight excluding hydrogens is 312 g/mol. The van der Waals surface area contributed by atoms with Crippen LogP contribution in [-0.4, -0.2) is 35.8 Å². The lowest BCUT2D eigenvalue weighted by molar-refractivity contribution is -0.145. The molecule has 0 unspecified atom stereocenters. The number of thiazole rings is 1. The Bertz CT molecular complexity index is 728. The third kappa shape index (κ3) is 2.91. The zero-order chi connectivity index (χ0) is 16.6. The maximum atomic E-state index is 11.8. The van der Waals surface area contributed by atoms with Gasteiger partial charge < -0.3 is 14.7 Å². The summed E-state index contributed by atoms with van der Waals surface area (Å²) in [6.07, 6.45) is 0.776. The fourth-order valence-corrected chi connectivity index (χ4v) is 3.99. The summed E-state index contributed by atoms with van der Waals surface area (Å²) in [5, 5.41) is 12.9. The van der Waals surface area contributed by atoms with Crippen LogP contribution in [0, 0.1) is 12.8 Å². The van der Waals surface area contributed by atoms with E-state index in [0.717, 1.165) is 34.9 Å². The largest absolute Gasteiger partial charge is 0.507 e. The van der Waals surface area contributed by atoms with Gasteiger partial charge in [0.15, 0.2) is 5.13 Å². The highest BCUT2D eigenvalue weighted by Crippen LogP contribution is 2.37. The molecule has 5 nitrogen and oxygen atoms in total. The van der Waals surface area contributed by atoms with Crippen LogP contribution in [0.5, 0.6) is 5.75 Å². The average molecular weight is 332 g/mol. The number of hydrogen-bond acceptors (Lipinski definition) is 6. The van der Waals surface area contributed by atoms with E-state index in [0.29, 0.717) is 0 Å². The molecule has 1 aliphatic heterocycles. The van der Waals surface area contributed by atoms with Crippen molar-refractivity contribution in [2.45, 2.75) is 26.3 Å². The molecule has 3 rings (SSSR count). The number of carbonyl (C=O) groups is 1. The summed E-state index contributed by atoms with van der Waals surface area (Å²) in [7, 11) is 1.43. The van der Waals surface area contributed by atoms with Gasteiger partial charge >= 0.3 is 5.97 Å². The molecular formula is C17H20N2O3S. The standard InChI is InChI=1S/C17H20N2O3S/c1-10-4-5-15(20)13(8-10)14-9-23-17(18-14)19-7-6-12(11(19)2)16(21)22-3/h4-5,8-9,11-12,20H,6-7H2,1-3H3/t11-,12-/m1/s1. The van der Waals surface area contributed by atoms with E-state index < -0.39 is 0 Å². The number of anilines is 1. The molecule has 1 aromatic heterocycles. The second-order valence-electron chi connectivity index (χ2n) is 5.89. The van der Waals surface area contributed by atoms with Crippen molar-refractivity contribution in [3.8, 4) is 17.0 Å². The molecule has 23 heavy (non-hydrogen) atoms. The third-order valence-electron chi connectivity index (χ3n) is 4.42. The van der Waals surface area contributed by atoms with Gasteiger partial charge in [-0.25, -0.2) is 4.98 Å². The smallest absolute Gasteiger partial charge is 0.310 e. The molecule has 0 aliphatic carbocycles. The summed E-state index contributed by atoms with van der Waals surface area (Å²) in [4.78, 5) is 18.6. The van der Waals surface area contributed by atoms with Crippen LogP contribution >= 0.6 is 11.3 Å². The van der Waals surface area contributed by atoms with Crippen LogP contribution in [0.1, 0.15) is 18.9 Å². The summed E-state index contributed by atoms with van der Waals surface area (Å²) < 4.78 is 4.88. The van der Waals surface area contributed by atoms with Crippen LogP contribution in [0.15, 0.2) is 23.6 Å². The minimum atomic E-state index is -0.159. The first-order valence-corrected chi connectivity index (χ1v) is 8.49. The van der Waals surface area contributed by atoms with Gasteiger partial charge in [0, 0.05) is 23.5 Å². The fraction of sp³-hybridized carbons (Fsp3) is 0.412. The molecule has 1 N–H and O–H groups in total. The van der Waals surface area contributed by atoms with Crippen molar-refractivity contribution in [1.82, 2.24) is 4.98 Å². The van der Waals surface area contributed by atoms with Crippen molar-refractivity contribution < 1.29 is 14.6 Å². The van der Waals surface area contributed by atoms with Crippen LogP contribution < -0.4 is 4.90 Å². The van der Waals surface area contributed by atoms with Gasteiger partial charge in [-0.3, -0.25) is 4.79 Å². The molecule has 0 bridgehead atoms. The molecule has 1 aromatic carbocycles. The van der Waals surface area contributed by atoms with Crippen molar-refractivity contribution in [2.75, 3.05) is 18.6 Å². The van der Waals surface area contributed by atoms with Crippen LogP contribution in [0.4, 0.5) is 5.13 Å². The van der Waals surface area contributed by atoms with E-state index in [2.05, 4.69) is 9.88 Å². The number of carbonyl (C=O) groups excluding carboxylic acids is 1. The molecule has 1 saturated heterocycles. The molecule has 1 aliphatic rings. The van der Waals surface area contributed by atoms with E-state index in [4.69, 9.17) is 4.74 Å². The molecule has 2 aromatic rings. The molecule has 0 spiro atoms. The zero-order valence-corrected chi connectivity index (χ0v) is 14.3. The Morgan fingerprint density at radius 2 is 2.26 bits per heavy atom. The van der Waals surface area contributed by atoms with Crippen molar-refractivity contribution in [3.05, 3.63) is 29.1 Å². The minimum absolute atomic E-state index is 0.0626. The van der Waals surface area contributed by atoms with Gasteiger partial charge in [-0.2, -0.15) is 0 Å². The SMILES string of the molecule is COC(=O)[C@@H]1CCN(c2nc(-c3cc(C)ccc3O)cs2)[C@@H]1C. The number of methoxy groups -OCH3 is 1. The van der Waals surface area contributed by atoms with Crippen LogP contribution in [0.2, 0.25) is 0 Å². The zero-order valence-electron chi connectivity index (χ0n) is 13.4. The normalized spacial score (nSPS) is 20.7. The lowest BCUT2D eigenvalue weighted by Gasteiger charge is -2.22. The highest BCUT2D eigenvalue weighted by atomic mass is 32.1. The van der Waals surface area contributed by atoms with Crippen LogP contribution in [0.3, 0.4) is 0 Å². The van der Waals surface area contributed by atoms with Gasteiger partial charge in [-0.05, 0) is 32.4 Å². The fourth-order valence-electron chi connectivity index (χ4n) is 3.05. The Morgan fingerprint density at radius 3 is 3.00 bits per heavy atom. The lowest BCUT2D eigenvalue weighted by atomic mass is 10.0. The first-order valence-electron chi connectivity index (χ1n) is 7.61. The number of aromatic hydroxyl groups is 1. The first-order chi connectivity index (χ1) is 11.0. The Labute approximate surface area is 139 Å². The van der Waals surface area contributed by atoms with Gasteiger partial charge in [-0.15, -0.1) is 11.3 Å². The number of rotatable bonds is 3. The van der Waals surface area contributed by atoms with Gasteiger partial charge in [0.1, 0.15) is 5.75 Å². The predicted octanol–water partition coefficient (Wildman–Crippen LogP) is 3.21. The highest BCUT2D eigenvalue weighted by Gasteiger charge is 2.37. The van der Waals surface area contributed by atoms with Crippen molar-refractivity contribution in [2.24, 2.45) is 5.92 Å². The third-order valence-corrected chi connectivity index (χ3v) is 5.30. The highest BCUT2D eigenvalue weighted by molar-refractivity contribution is 7.14. The molecule has 0 radical (unpaired) electrons. The molecule has 1 fully saturated rings. The Kier molecular flexibility index (Phi) is 4.26. The van der Waals surface area contributed by atoms with Crippen molar-refractivity contribution in [3.63, 3.8) is 0 Å². The Hall–Kier alpha value is -2.08. The number of hydrogen-bond donors (Lipinski definition) is 1. The van der Waals surface area contributed by atoms with Crippen LogP contribution in [0.25, 0.3) is 11.3 Å². The number of nitrogens with zero attached hydrogens (tertiary/aromatic N) is 2. The summed E-state index contributed by atoms with van der Waals surface area (Å²) in [6, 6.07) is 5.55. The average Bonchev–Trinajstić information content (AvgIpc) is 3.15. The second-order valence-corrected chi connectivity index (χ2v) is 6.72. The Morgan fingerprint density at radius 1 is 1.48 bits per heavy atom. The van der Waals surface area contributed by atoms with E-state index in [-0.39, 0.29) is 23.7 Å². The lowest BCUT2D eigenvalue weighted by Crippen LogP contribution is -2.33. The topological polar surface area (TPSA) is 62.7 Å². The van der Waals surface area contributed by atoms with Crippen molar-refractivity contribution in [1.29, 1.82) is 0 Å². The van der Waals surface area contributed by atoms with Gasteiger partial charge in [0.2, 0.25) is 0 Å². The number of benzene rings is 1. The van der Waals surface area contributed by atoms with E-state index in [1.807, 2.05) is 31.4 Å².